The van der Waals surface area contributed by atoms with Crippen LogP contribution in [0.25, 0.3) is 0 Å². The molecule has 5 nitrogen and oxygen atoms in total. The fourth-order valence-electron chi connectivity index (χ4n) is 1.29. The van der Waals surface area contributed by atoms with Gasteiger partial charge in [0.1, 0.15) is 5.75 Å². The molecule has 0 unspecified atom stereocenters. The minimum Gasteiger partial charge on any atom is -0.482 e. The molecule has 0 aliphatic rings. The van der Waals surface area contributed by atoms with Gasteiger partial charge >= 0.3 is 24.1 Å². The summed E-state index contributed by atoms with van der Waals surface area (Å²) in [6.07, 6.45) is -5.85. The molecule has 1 aromatic rings. The summed E-state index contributed by atoms with van der Waals surface area (Å²) in [5.74, 6) is -6.75. The predicted octanol–water partition coefficient (Wildman–Crippen LogP) is 2.95. The van der Waals surface area contributed by atoms with E-state index in [0.29, 0.717) is 11.6 Å². The maximum Gasteiger partial charge on any atom is 0.462 e. The highest BCUT2D eigenvalue weighted by atomic mass is 19.4. The zero-order valence-corrected chi connectivity index (χ0v) is 12.4. The molecule has 25 heavy (non-hydrogen) atoms. The molecular formula is C13H11F7N2O3. The number of hydrazone groups is 1. The topological polar surface area (TPSA) is 59.9 Å². The Morgan fingerprint density at radius 1 is 1.12 bits per heavy atom. The largest absolute Gasteiger partial charge is 0.482 e. The molecular weight excluding hydrogens is 365 g/mol. The summed E-state index contributed by atoms with van der Waals surface area (Å²) in [6, 6.07) is -0.597. The van der Waals surface area contributed by atoms with E-state index in [1.807, 2.05) is 0 Å². The van der Waals surface area contributed by atoms with E-state index in [1.54, 1.807) is 0 Å². The third-order valence-electron chi connectivity index (χ3n) is 2.63. The Morgan fingerprint density at radius 3 is 2.16 bits per heavy atom. The number of esters is 1. The maximum atomic E-state index is 12.9. The lowest BCUT2D eigenvalue weighted by Crippen LogP contribution is -2.58. The van der Waals surface area contributed by atoms with E-state index in [4.69, 9.17) is 4.74 Å². The van der Waals surface area contributed by atoms with Crippen molar-refractivity contribution in [1.82, 2.24) is 5.43 Å². The minimum atomic E-state index is -6.45. The van der Waals surface area contributed by atoms with Gasteiger partial charge in [-0.15, -0.1) is 0 Å². The highest BCUT2D eigenvalue weighted by Crippen LogP contribution is 2.44. The number of nitrogens with one attached hydrogen (secondary N) is 1. The molecule has 1 N–H and O–H groups in total. The van der Waals surface area contributed by atoms with E-state index >= 15 is 0 Å². The first-order valence-electron chi connectivity index (χ1n) is 6.33. The van der Waals surface area contributed by atoms with Crippen LogP contribution in [0.4, 0.5) is 30.7 Å². The van der Waals surface area contributed by atoms with Gasteiger partial charge in [-0.1, -0.05) is 0 Å². The van der Waals surface area contributed by atoms with Gasteiger partial charge in [0.05, 0.1) is 13.3 Å². The summed E-state index contributed by atoms with van der Waals surface area (Å²) >= 11 is 0. The average molecular weight is 376 g/mol. The fraction of sp³-hybridized carbons (Fsp3) is 0.385. The first-order chi connectivity index (χ1) is 11.4. The van der Waals surface area contributed by atoms with E-state index in [9.17, 15) is 35.5 Å². The number of hydrogen-bond donors (Lipinski definition) is 1. The van der Waals surface area contributed by atoms with Gasteiger partial charge < -0.3 is 9.47 Å². The Kier molecular flexibility index (Phi) is 6.21. The molecule has 1 aromatic carbocycles. The van der Waals surface area contributed by atoms with Crippen molar-refractivity contribution < 1.29 is 45.0 Å². The summed E-state index contributed by atoms with van der Waals surface area (Å²) in [7, 11) is 1.15. The zero-order chi connectivity index (χ0) is 19.3. The normalized spacial score (nSPS) is 13.0. The van der Waals surface area contributed by atoms with Crippen LogP contribution in [0.15, 0.2) is 29.4 Å². The number of rotatable bonds is 7. The van der Waals surface area contributed by atoms with Crippen LogP contribution in [0.1, 0.15) is 5.56 Å². The molecule has 12 heteroatoms. The molecule has 0 radical (unpaired) electrons. The van der Waals surface area contributed by atoms with E-state index in [0.717, 1.165) is 7.11 Å². The molecule has 0 bridgehead atoms. The smallest absolute Gasteiger partial charge is 0.462 e. The number of benzene rings is 1. The molecule has 0 aliphatic heterocycles. The number of methoxy groups -OCH3 is 1. The van der Waals surface area contributed by atoms with E-state index < -0.39 is 24.1 Å². The number of carbonyl (C=O) groups is 1. The van der Waals surface area contributed by atoms with Gasteiger partial charge in [0.25, 0.3) is 0 Å². The molecule has 0 aromatic heterocycles. The van der Waals surface area contributed by atoms with Crippen molar-refractivity contribution in [3.63, 3.8) is 0 Å². The number of ether oxygens (including phenoxy) is 2. The van der Waals surface area contributed by atoms with Gasteiger partial charge in [-0.05, 0) is 29.8 Å². The second kappa shape index (κ2) is 7.57. The molecule has 0 heterocycles. The fourth-order valence-corrected chi connectivity index (χ4v) is 1.29. The van der Waals surface area contributed by atoms with Gasteiger partial charge in [0.2, 0.25) is 0 Å². The zero-order valence-electron chi connectivity index (χ0n) is 12.4. The first kappa shape index (κ1) is 20.5. The highest BCUT2D eigenvalue weighted by molar-refractivity contribution is 5.79. The SMILES string of the molecule is COC(=O)COc1ccc(/C=N/NC(F)(F)C(F)(F)C(F)(F)F)cc1. The molecule has 0 fully saturated rings. The Hall–Kier alpha value is -2.53. The van der Waals surface area contributed by atoms with Crippen LogP contribution in [0.2, 0.25) is 0 Å². The summed E-state index contributed by atoms with van der Waals surface area (Å²) in [6.45, 7) is -0.385. The predicted molar refractivity (Wildman–Crippen MR) is 70.6 cm³/mol. The van der Waals surface area contributed by atoms with Gasteiger partial charge in [0.15, 0.2) is 6.61 Å². The molecule has 140 valence electrons. The molecule has 0 aliphatic carbocycles. The summed E-state index contributed by atoms with van der Waals surface area (Å²) in [4.78, 5) is 10.8. The average Bonchev–Trinajstić information content (AvgIpc) is 2.52. The standard InChI is InChI=1S/C13H11F7N2O3/c1-24-10(23)7-25-9-4-2-8(3-5-9)6-21-22-13(19,20)11(14,15)12(16,17)18/h2-6,22H,7H2,1H3/b21-6+. The van der Waals surface area contributed by atoms with Crippen LogP contribution in [0.5, 0.6) is 5.75 Å². The number of halogens is 7. The number of alkyl halides is 7. The van der Waals surface area contributed by atoms with Crippen molar-refractivity contribution in [2.45, 2.75) is 18.1 Å². The van der Waals surface area contributed by atoms with Crippen LogP contribution in [-0.2, 0) is 9.53 Å². The lowest BCUT2D eigenvalue weighted by molar-refractivity contribution is -0.361. The Bertz CT molecular complexity index is 615. The van der Waals surface area contributed by atoms with E-state index in [2.05, 4.69) is 9.84 Å². The number of carbonyl (C=O) groups excluding carboxylic acids is 1. The summed E-state index contributed by atoms with van der Waals surface area (Å²) in [5, 5.41) is 2.69. The van der Waals surface area contributed by atoms with Crippen molar-refractivity contribution >= 4 is 12.2 Å². The maximum absolute atomic E-state index is 12.9. The molecule has 0 saturated heterocycles. The summed E-state index contributed by atoms with van der Waals surface area (Å²) in [5.41, 5.74) is 0.577. The van der Waals surface area contributed by atoms with Gasteiger partial charge in [-0.25, -0.2) is 10.2 Å². The first-order valence-corrected chi connectivity index (χ1v) is 6.33. The molecule has 0 amide bonds. The number of hydrogen-bond acceptors (Lipinski definition) is 5. The monoisotopic (exact) mass is 376 g/mol. The van der Waals surface area contributed by atoms with Crippen LogP contribution in [-0.4, -0.2) is 44.0 Å². The van der Waals surface area contributed by atoms with Crippen molar-refractivity contribution in [3.05, 3.63) is 29.8 Å². The molecule has 0 atom stereocenters. The lowest BCUT2D eigenvalue weighted by atomic mass is 10.2. The van der Waals surface area contributed by atoms with Crippen molar-refractivity contribution in [2.24, 2.45) is 5.10 Å². The Morgan fingerprint density at radius 2 is 1.68 bits per heavy atom. The van der Waals surface area contributed by atoms with E-state index in [1.165, 1.54) is 24.3 Å². The van der Waals surface area contributed by atoms with Crippen LogP contribution in [0, 0.1) is 0 Å². The Balaban J connectivity index is 2.69. The minimum absolute atomic E-state index is 0.0871. The number of nitrogens with zero attached hydrogens (tertiary/aromatic N) is 1. The molecule has 1 rings (SSSR count). The third-order valence-corrected chi connectivity index (χ3v) is 2.63. The van der Waals surface area contributed by atoms with Crippen LogP contribution >= 0.6 is 0 Å². The second-order valence-electron chi connectivity index (χ2n) is 4.45. The Labute approximate surface area is 136 Å². The highest BCUT2D eigenvalue weighted by Gasteiger charge is 2.73. The van der Waals surface area contributed by atoms with Crippen molar-refractivity contribution in [2.75, 3.05) is 13.7 Å². The van der Waals surface area contributed by atoms with Crippen molar-refractivity contribution in [1.29, 1.82) is 0 Å². The quantitative estimate of drug-likeness (QED) is 0.261. The van der Waals surface area contributed by atoms with Crippen molar-refractivity contribution in [3.8, 4) is 5.75 Å². The van der Waals surface area contributed by atoms with Crippen LogP contribution < -0.4 is 10.2 Å². The van der Waals surface area contributed by atoms with Gasteiger partial charge in [-0.3, -0.25) is 0 Å². The third kappa shape index (κ3) is 5.22. The lowest BCUT2D eigenvalue weighted by Gasteiger charge is -2.27. The molecule has 0 spiro atoms. The summed E-state index contributed by atoms with van der Waals surface area (Å²) < 4.78 is 96.1. The van der Waals surface area contributed by atoms with Gasteiger partial charge in [-0.2, -0.15) is 35.8 Å². The van der Waals surface area contributed by atoms with E-state index in [-0.39, 0.29) is 17.9 Å². The second-order valence-corrected chi connectivity index (χ2v) is 4.45. The van der Waals surface area contributed by atoms with Crippen LogP contribution in [0.3, 0.4) is 0 Å². The molecule has 0 saturated carbocycles. The van der Waals surface area contributed by atoms with Gasteiger partial charge in [0, 0.05) is 0 Å².